The molecule has 1 fully saturated rings. The number of carbonyl (C=O) groups is 1. The van der Waals surface area contributed by atoms with Crippen LogP contribution in [0.3, 0.4) is 0 Å². The van der Waals surface area contributed by atoms with Crippen LogP contribution in [0.5, 0.6) is 0 Å². The Morgan fingerprint density at radius 2 is 1.95 bits per heavy atom. The number of aliphatic hydroxyl groups excluding tert-OH is 1. The lowest BCUT2D eigenvalue weighted by molar-refractivity contribution is -0.126. The van der Waals surface area contributed by atoms with Crippen molar-refractivity contribution < 1.29 is 14.3 Å². The van der Waals surface area contributed by atoms with Crippen molar-refractivity contribution in [2.24, 2.45) is 0 Å². The van der Waals surface area contributed by atoms with Gasteiger partial charge in [0.15, 0.2) is 5.65 Å². The minimum atomic E-state index is -0.596. The number of para-hydroxylation sites is 1. The number of aromatic nitrogens is 3. The van der Waals surface area contributed by atoms with E-state index in [1.54, 1.807) is 35.2 Å². The lowest BCUT2D eigenvalue weighted by Crippen LogP contribution is -2.54. The molecule has 1 aliphatic rings. The fourth-order valence-corrected chi connectivity index (χ4v) is 5.70. The highest BCUT2D eigenvalue weighted by Gasteiger charge is 2.30. The summed E-state index contributed by atoms with van der Waals surface area (Å²) in [6, 6.07) is 13.1. The number of fused-ring (bicyclic) bond motifs is 1. The number of carbonyl (C=O) groups excluding carboxylic acids is 1. The molecular weight excluding hydrogens is 545 g/mol. The topological polar surface area (TPSA) is 91.6 Å². The number of aliphatic hydroxyl groups is 1. The molecule has 0 saturated carbocycles. The molecule has 1 unspecified atom stereocenters. The van der Waals surface area contributed by atoms with E-state index in [4.69, 9.17) is 16.6 Å². The molecule has 10 heteroatoms. The SMILES string of the molecule is C=CC(=O)N1CCN(c2nc(=O)n(-c3c(CO)cccc3C(C)C)c3nc(-c4ccccc4F)c(Cl)cc23)C(C)C1. The van der Waals surface area contributed by atoms with Crippen molar-refractivity contribution in [1.82, 2.24) is 19.4 Å². The van der Waals surface area contributed by atoms with E-state index in [2.05, 4.69) is 11.6 Å². The molecule has 2 aromatic carbocycles. The molecule has 8 nitrogen and oxygen atoms in total. The smallest absolute Gasteiger partial charge is 0.355 e. The van der Waals surface area contributed by atoms with Gasteiger partial charge in [-0.15, -0.1) is 0 Å². The molecule has 1 atom stereocenters. The number of pyridine rings is 1. The molecule has 0 aliphatic carbocycles. The molecule has 1 saturated heterocycles. The second-order valence-electron chi connectivity index (χ2n) is 10.4. The average molecular weight is 576 g/mol. The second kappa shape index (κ2) is 11.4. The van der Waals surface area contributed by atoms with Crippen LogP contribution >= 0.6 is 11.6 Å². The number of anilines is 1. The molecule has 5 rings (SSSR count). The number of nitrogens with zero attached hydrogens (tertiary/aromatic N) is 5. The van der Waals surface area contributed by atoms with Gasteiger partial charge in [0.2, 0.25) is 5.91 Å². The zero-order valence-corrected chi connectivity index (χ0v) is 23.9. The first kappa shape index (κ1) is 28.4. The Hall–Kier alpha value is -4.08. The molecule has 1 N–H and O–H groups in total. The van der Waals surface area contributed by atoms with Gasteiger partial charge in [-0.2, -0.15) is 4.98 Å². The number of rotatable bonds is 6. The van der Waals surface area contributed by atoms with Gasteiger partial charge in [-0.25, -0.2) is 18.7 Å². The molecular formula is C31H31ClFN5O3. The van der Waals surface area contributed by atoms with E-state index in [-0.39, 0.29) is 46.4 Å². The molecule has 1 amide bonds. The van der Waals surface area contributed by atoms with Gasteiger partial charge in [0.25, 0.3) is 0 Å². The number of hydrogen-bond donors (Lipinski definition) is 1. The summed E-state index contributed by atoms with van der Waals surface area (Å²) in [6.45, 7) is 10.5. The van der Waals surface area contributed by atoms with Crippen molar-refractivity contribution in [3.05, 3.63) is 93.6 Å². The average Bonchev–Trinajstić information content (AvgIpc) is 2.96. The van der Waals surface area contributed by atoms with Crippen LogP contribution < -0.4 is 10.6 Å². The number of hydrogen-bond acceptors (Lipinski definition) is 6. The summed E-state index contributed by atoms with van der Waals surface area (Å²) in [5.74, 6) is -0.279. The Balaban J connectivity index is 1.83. The summed E-state index contributed by atoms with van der Waals surface area (Å²) >= 11 is 6.75. The lowest BCUT2D eigenvalue weighted by Gasteiger charge is -2.40. The largest absolute Gasteiger partial charge is 0.392 e. The van der Waals surface area contributed by atoms with E-state index in [0.29, 0.717) is 42.1 Å². The van der Waals surface area contributed by atoms with Gasteiger partial charge in [-0.05, 0) is 42.7 Å². The number of halogens is 2. The molecule has 0 bridgehead atoms. The predicted molar refractivity (Wildman–Crippen MR) is 159 cm³/mol. The van der Waals surface area contributed by atoms with Gasteiger partial charge < -0.3 is 14.9 Å². The number of benzene rings is 2. The molecule has 41 heavy (non-hydrogen) atoms. The third kappa shape index (κ3) is 5.11. The van der Waals surface area contributed by atoms with Crippen LogP contribution in [0.2, 0.25) is 5.02 Å². The second-order valence-corrected chi connectivity index (χ2v) is 10.8. The zero-order chi connectivity index (χ0) is 29.4. The van der Waals surface area contributed by atoms with Crippen molar-refractivity contribution in [2.45, 2.75) is 39.3 Å². The Labute approximate surface area is 242 Å². The maximum atomic E-state index is 14.9. The highest BCUT2D eigenvalue weighted by Crippen LogP contribution is 2.36. The van der Waals surface area contributed by atoms with Crippen LogP contribution in [0, 0.1) is 5.82 Å². The molecule has 1 aliphatic heterocycles. The monoisotopic (exact) mass is 575 g/mol. The maximum Gasteiger partial charge on any atom is 0.355 e. The summed E-state index contributed by atoms with van der Waals surface area (Å²) < 4.78 is 16.3. The van der Waals surface area contributed by atoms with Gasteiger partial charge in [0.05, 0.1) is 28.4 Å². The minimum absolute atomic E-state index is 0.00645. The summed E-state index contributed by atoms with van der Waals surface area (Å²) in [4.78, 5) is 39.3. The van der Waals surface area contributed by atoms with Crippen molar-refractivity contribution >= 4 is 34.4 Å². The van der Waals surface area contributed by atoms with Crippen LogP contribution in [0.1, 0.15) is 37.8 Å². The first-order valence-corrected chi connectivity index (χ1v) is 13.8. The normalized spacial score (nSPS) is 15.5. The van der Waals surface area contributed by atoms with E-state index < -0.39 is 11.5 Å². The van der Waals surface area contributed by atoms with Crippen LogP contribution in [0.4, 0.5) is 10.2 Å². The van der Waals surface area contributed by atoms with Crippen LogP contribution in [0.15, 0.2) is 66.0 Å². The van der Waals surface area contributed by atoms with Gasteiger partial charge in [0, 0.05) is 36.8 Å². The van der Waals surface area contributed by atoms with Gasteiger partial charge in [-0.3, -0.25) is 4.79 Å². The van der Waals surface area contributed by atoms with E-state index in [1.807, 2.05) is 37.8 Å². The molecule has 2 aromatic heterocycles. The Morgan fingerprint density at radius 3 is 2.61 bits per heavy atom. The fourth-order valence-electron chi connectivity index (χ4n) is 5.45. The number of amides is 1. The first-order chi connectivity index (χ1) is 19.7. The molecule has 212 valence electrons. The highest BCUT2D eigenvalue weighted by atomic mass is 35.5. The summed E-state index contributed by atoms with van der Waals surface area (Å²) in [5, 5.41) is 11.0. The third-order valence-electron chi connectivity index (χ3n) is 7.48. The molecule has 0 spiro atoms. The van der Waals surface area contributed by atoms with E-state index >= 15 is 0 Å². The van der Waals surface area contributed by atoms with Gasteiger partial charge in [0.1, 0.15) is 11.6 Å². The van der Waals surface area contributed by atoms with Crippen LogP contribution in [-0.2, 0) is 11.4 Å². The lowest BCUT2D eigenvalue weighted by atomic mass is 9.97. The predicted octanol–water partition coefficient (Wildman–Crippen LogP) is 5.08. The maximum absolute atomic E-state index is 14.9. The third-order valence-corrected chi connectivity index (χ3v) is 7.77. The van der Waals surface area contributed by atoms with Crippen LogP contribution in [-0.4, -0.2) is 56.1 Å². The Kier molecular flexibility index (Phi) is 7.93. The number of piperazine rings is 1. The molecule has 4 aromatic rings. The summed E-state index contributed by atoms with van der Waals surface area (Å²) in [6.07, 6.45) is 1.29. The quantitative estimate of drug-likeness (QED) is 0.323. The molecule has 0 radical (unpaired) electrons. The fraction of sp³-hybridized carbons (Fsp3) is 0.290. The zero-order valence-electron chi connectivity index (χ0n) is 23.1. The van der Waals surface area contributed by atoms with Crippen molar-refractivity contribution in [1.29, 1.82) is 0 Å². The van der Waals surface area contributed by atoms with E-state index in [1.165, 1.54) is 16.7 Å². The first-order valence-electron chi connectivity index (χ1n) is 13.4. The Bertz CT molecular complexity index is 1720. The van der Waals surface area contributed by atoms with Gasteiger partial charge >= 0.3 is 5.69 Å². The van der Waals surface area contributed by atoms with Crippen molar-refractivity contribution in [2.75, 3.05) is 24.5 Å². The van der Waals surface area contributed by atoms with E-state index in [0.717, 1.165) is 5.56 Å². The Morgan fingerprint density at radius 1 is 1.20 bits per heavy atom. The highest BCUT2D eigenvalue weighted by molar-refractivity contribution is 6.33. The van der Waals surface area contributed by atoms with Gasteiger partial charge in [-0.1, -0.05) is 62.4 Å². The van der Waals surface area contributed by atoms with Crippen molar-refractivity contribution in [3.63, 3.8) is 0 Å². The van der Waals surface area contributed by atoms with E-state index in [9.17, 15) is 19.1 Å². The summed E-state index contributed by atoms with van der Waals surface area (Å²) in [5.41, 5.74) is 1.86. The molecule has 3 heterocycles. The van der Waals surface area contributed by atoms with Crippen molar-refractivity contribution in [3.8, 4) is 16.9 Å². The van der Waals surface area contributed by atoms with Crippen LogP contribution in [0.25, 0.3) is 28.0 Å². The standard InChI is InChI=1S/C31H31ClFN5O3/c1-5-26(40)36-13-14-37(19(4)16-36)29-23-15-24(32)27(22-10-6-7-12-25(22)33)34-30(23)38(31(41)35-29)28-20(17-39)9-8-11-21(28)18(2)3/h5-12,15,18-19,39H,1,13-14,16-17H2,2-4H3. The summed E-state index contributed by atoms with van der Waals surface area (Å²) in [7, 11) is 0. The minimum Gasteiger partial charge on any atom is -0.392 e.